The minimum atomic E-state index is -4.68. The van der Waals surface area contributed by atoms with E-state index in [0.29, 0.717) is 32.6 Å². The molecule has 8 N–H and O–H groups in total. The molecule has 6 aliphatic heterocycles. The number of carbonyl (C=O) groups is 3. The lowest BCUT2D eigenvalue weighted by atomic mass is 10.1. The summed E-state index contributed by atoms with van der Waals surface area (Å²) in [5.41, 5.74) is 12.3. The number of unbranched alkanes of at least 4 members (excludes halogenated alkanes) is 8. The molecule has 0 aromatic rings. The van der Waals surface area contributed by atoms with Crippen LogP contribution in [0.4, 0.5) is 4.79 Å². The number of phosphoric acid groups is 2. The Labute approximate surface area is 363 Å². The number of carbonyl (C=O) groups excluding carboxylic acids is 3. The number of hydrogen-bond acceptors (Lipinski definition) is 21. The SMILES string of the molecule is CCCCCCCC(=O)OCOP1(=O)OCC2O[C@@H](N3CCC(N)NC3=O)C[C@@H]2OP(=O)(OCOC(=O)CCCCCCC)OCC2OCC(N3CNC4C(N)NCNC43)[C@@H]2O1. The zero-order valence-electron chi connectivity index (χ0n) is 35.9. The molecule has 0 aromatic heterocycles. The minimum Gasteiger partial charge on any atom is -0.438 e. The Kier molecular flexibility index (Phi) is 19.2. The Morgan fingerprint density at radius 1 is 0.790 bits per heavy atom. The van der Waals surface area contributed by atoms with Gasteiger partial charge in [-0.25, -0.2) is 23.0 Å². The van der Waals surface area contributed by atoms with Gasteiger partial charge in [-0.15, -0.1) is 0 Å². The number of urea groups is 1. The number of rotatable bonds is 20. The van der Waals surface area contributed by atoms with Crippen LogP contribution in [-0.2, 0) is 64.8 Å². The van der Waals surface area contributed by atoms with E-state index < -0.39 is 103 Å². The standard InChI is InChI=1S/C37H68N8O15P2/c1-3-5-7-9-11-13-31(46)52-23-56-61(49)55-20-28-34(25(18-51-28)45-22-42-33-35(39)40-21-41-36(33)45)60-62(50,57-24-53-32(47)14-12-10-8-6-4-2)54-19-27-26(59-61)17-30(58-27)44-16-15-29(38)43-37(44)48/h25-30,33-36,40-42H,3-24,38-39H2,1-2H3,(H,43,48)/t25?,26-,27?,28?,29?,30+,33?,34-,35?,36?,61?,62?/m0/s1. The second-order valence-electron chi connectivity index (χ2n) is 16.4. The molecular weight excluding hydrogens is 858 g/mol. The van der Waals surface area contributed by atoms with Gasteiger partial charge in [0.2, 0.25) is 13.6 Å². The van der Waals surface area contributed by atoms with Crippen LogP contribution in [0.25, 0.3) is 0 Å². The molecule has 0 spiro atoms. The first kappa shape index (κ1) is 49.5. The van der Waals surface area contributed by atoms with E-state index in [4.69, 9.17) is 57.6 Å². The van der Waals surface area contributed by atoms with E-state index in [1.807, 2.05) is 4.90 Å². The lowest BCUT2D eigenvalue weighted by molar-refractivity contribution is -0.152. The van der Waals surface area contributed by atoms with E-state index in [1.54, 1.807) is 0 Å². The molecule has 0 radical (unpaired) electrons. The Bertz CT molecular complexity index is 1560. The van der Waals surface area contributed by atoms with Crippen molar-refractivity contribution in [2.24, 2.45) is 11.5 Å². The molecular formula is C37H68N8O15P2. The lowest BCUT2D eigenvalue weighted by Crippen LogP contribution is -2.68. The summed E-state index contributed by atoms with van der Waals surface area (Å²) in [6, 6.07) is -1.33. The van der Waals surface area contributed by atoms with Crippen molar-refractivity contribution >= 4 is 33.6 Å². The second-order valence-corrected chi connectivity index (χ2v) is 19.6. The fourth-order valence-corrected chi connectivity index (χ4v) is 10.9. The molecule has 6 heterocycles. The number of nitrogens with one attached hydrogen (secondary N) is 4. The van der Waals surface area contributed by atoms with Gasteiger partial charge in [0.25, 0.3) is 0 Å². The fraction of sp³-hybridized carbons (Fsp3) is 0.919. The van der Waals surface area contributed by atoms with Crippen molar-refractivity contribution in [3.05, 3.63) is 0 Å². The van der Waals surface area contributed by atoms with E-state index in [-0.39, 0.29) is 50.8 Å². The molecule has 2 amide bonds. The van der Waals surface area contributed by atoms with Gasteiger partial charge in [0.05, 0.1) is 57.1 Å². The molecule has 9 unspecified atom stereocenters. The highest BCUT2D eigenvalue weighted by Crippen LogP contribution is 2.57. The highest BCUT2D eigenvalue weighted by atomic mass is 31.2. The molecule has 0 aromatic carbocycles. The van der Waals surface area contributed by atoms with Gasteiger partial charge in [-0.2, -0.15) is 0 Å². The summed E-state index contributed by atoms with van der Waals surface area (Å²) in [6.07, 6.45) is 3.25. The molecule has 0 aliphatic carbocycles. The van der Waals surface area contributed by atoms with Crippen LogP contribution in [0.1, 0.15) is 104 Å². The molecule has 12 atom stereocenters. The third-order valence-corrected chi connectivity index (χ3v) is 14.6. The van der Waals surface area contributed by atoms with Gasteiger partial charge >= 0.3 is 33.6 Å². The van der Waals surface area contributed by atoms with Crippen molar-refractivity contribution in [3.8, 4) is 0 Å². The summed E-state index contributed by atoms with van der Waals surface area (Å²) in [5, 5.41) is 12.6. The van der Waals surface area contributed by atoms with Crippen LogP contribution in [0.3, 0.4) is 0 Å². The van der Waals surface area contributed by atoms with Gasteiger partial charge in [-0.05, 0) is 19.3 Å². The number of hydrogen-bond donors (Lipinski definition) is 6. The highest BCUT2D eigenvalue weighted by Gasteiger charge is 2.54. The Morgan fingerprint density at radius 3 is 2.06 bits per heavy atom. The summed E-state index contributed by atoms with van der Waals surface area (Å²) in [6.45, 7) is 2.73. The fourth-order valence-electron chi connectivity index (χ4n) is 8.32. The Balaban J connectivity index is 1.21. The molecule has 6 rings (SSSR count). The van der Waals surface area contributed by atoms with Crippen LogP contribution in [0.5, 0.6) is 0 Å². The zero-order valence-corrected chi connectivity index (χ0v) is 37.7. The lowest BCUT2D eigenvalue weighted by Gasteiger charge is -2.39. The van der Waals surface area contributed by atoms with Crippen LogP contribution in [-0.4, -0.2) is 142 Å². The van der Waals surface area contributed by atoms with E-state index in [2.05, 4.69) is 35.1 Å². The summed E-state index contributed by atoms with van der Waals surface area (Å²) < 4.78 is 88.1. The van der Waals surface area contributed by atoms with Gasteiger partial charge in [0.1, 0.15) is 30.6 Å². The number of nitrogens with zero attached hydrogens (tertiary/aromatic N) is 2. The van der Waals surface area contributed by atoms with Crippen LogP contribution in [0.15, 0.2) is 0 Å². The van der Waals surface area contributed by atoms with Crippen molar-refractivity contribution in [1.29, 1.82) is 0 Å². The predicted octanol–water partition coefficient (Wildman–Crippen LogP) is 2.35. The average Bonchev–Trinajstić information content (AvgIpc) is 3.96. The van der Waals surface area contributed by atoms with Crippen LogP contribution < -0.4 is 32.7 Å². The molecule has 0 saturated carbocycles. The third-order valence-electron chi connectivity index (χ3n) is 11.8. The molecule has 6 saturated heterocycles. The van der Waals surface area contributed by atoms with Crippen molar-refractivity contribution in [2.45, 2.75) is 165 Å². The van der Waals surface area contributed by atoms with Gasteiger partial charge in [-0.3, -0.25) is 53.4 Å². The summed E-state index contributed by atoms with van der Waals surface area (Å²) in [4.78, 5) is 41.6. The molecule has 25 heteroatoms. The minimum absolute atomic E-state index is 0.0421. The first-order valence-electron chi connectivity index (χ1n) is 22.2. The van der Waals surface area contributed by atoms with Crippen molar-refractivity contribution < 1.29 is 69.6 Å². The highest BCUT2D eigenvalue weighted by molar-refractivity contribution is 7.48. The number of phosphoric ester groups is 2. The number of ether oxygens (including phenoxy) is 4. The number of nitrogens with two attached hydrogens (primary N) is 2. The molecule has 356 valence electrons. The molecule has 6 fully saturated rings. The predicted molar refractivity (Wildman–Crippen MR) is 219 cm³/mol. The molecule has 0 bridgehead atoms. The van der Waals surface area contributed by atoms with E-state index in [9.17, 15) is 23.5 Å². The van der Waals surface area contributed by atoms with Crippen molar-refractivity contribution in [2.75, 3.05) is 53.3 Å². The smallest absolute Gasteiger partial charge is 0.438 e. The molecule has 23 nitrogen and oxygen atoms in total. The first-order chi connectivity index (χ1) is 29.9. The summed E-state index contributed by atoms with van der Waals surface area (Å²) >= 11 is 0. The quantitative estimate of drug-likeness (QED) is 0.0442. The van der Waals surface area contributed by atoms with Gasteiger partial charge in [-0.1, -0.05) is 65.2 Å². The van der Waals surface area contributed by atoms with E-state index in [0.717, 1.165) is 51.4 Å². The molecule has 6 aliphatic rings. The first-order valence-corrected chi connectivity index (χ1v) is 25.1. The largest absolute Gasteiger partial charge is 0.478 e. The average molecular weight is 927 g/mol. The second kappa shape index (κ2) is 24.0. The van der Waals surface area contributed by atoms with Crippen LogP contribution in [0, 0.1) is 0 Å². The van der Waals surface area contributed by atoms with Gasteiger partial charge in [0.15, 0.2) is 0 Å². The maximum atomic E-state index is 14.8. The zero-order chi connectivity index (χ0) is 44.1. The Hall–Kier alpha value is -1.89. The molecule has 62 heavy (non-hydrogen) atoms. The summed E-state index contributed by atoms with van der Waals surface area (Å²) in [7, 11) is -9.31. The topological polar surface area (TPSA) is 284 Å². The Morgan fingerprint density at radius 2 is 1.42 bits per heavy atom. The van der Waals surface area contributed by atoms with Gasteiger partial charge in [0, 0.05) is 32.5 Å². The maximum absolute atomic E-state index is 14.8. The van der Waals surface area contributed by atoms with Gasteiger partial charge < -0.3 is 35.7 Å². The van der Waals surface area contributed by atoms with E-state index in [1.165, 1.54) is 4.90 Å². The van der Waals surface area contributed by atoms with Crippen molar-refractivity contribution in [3.63, 3.8) is 0 Å². The van der Waals surface area contributed by atoms with Crippen molar-refractivity contribution in [1.82, 2.24) is 31.1 Å². The maximum Gasteiger partial charge on any atom is 0.478 e. The normalized spacial score (nSPS) is 36.8. The number of esters is 2. The number of amides is 2. The third kappa shape index (κ3) is 13.8. The van der Waals surface area contributed by atoms with E-state index >= 15 is 0 Å². The van der Waals surface area contributed by atoms with Crippen LogP contribution in [0.2, 0.25) is 0 Å². The monoisotopic (exact) mass is 926 g/mol. The number of fused-ring (bicyclic) bond motifs is 3. The summed E-state index contributed by atoms with van der Waals surface area (Å²) in [5.74, 6) is -1.08. The van der Waals surface area contributed by atoms with Crippen LogP contribution >= 0.6 is 15.6 Å².